The monoisotopic (exact) mass is 400 g/mol. The molecule has 0 aliphatic carbocycles. The average Bonchev–Trinajstić information content (AvgIpc) is 2.97. The van der Waals surface area contributed by atoms with Gasteiger partial charge in [0.05, 0.1) is 19.3 Å². The lowest BCUT2D eigenvalue weighted by molar-refractivity contribution is 0.0222. The number of hydrogen-bond acceptors (Lipinski definition) is 5. The predicted molar refractivity (Wildman–Crippen MR) is 109 cm³/mol. The molecule has 0 spiro atoms. The van der Waals surface area contributed by atoms with E-state index in [1.807, 2.05) is 52.9 Å². The molecule has 1 aromatic heterocycles. The van der Waals surface area contributed by atoms with Gasteiger partial charge >= 0.3 is 6.09 Å². The molecule has 3 rings (SSSR count). The van der Waals surface area contributed by atoms with Gasteiger partial charge in [-0.3, -0.25) is 9.48 Å². The Morgan fingerprint density at radius 1 is 1.24 bits per heavy atom. The molecule has 0 fully saturated rings. The van der Waals surface area contributed by atoms with Gasteiger partial charge in [-0.2, -0.15) is 5.10 Å². The Hall–Kier alpha value is -3.03. The molecule has 1 N–H and O–H groups in total. The minimum absolute atomic E-state index is 0.284. The Morgan fingerprint density at radius 3 is 2.62 bits per heavy atom. The molecule has 1 aliphatic heterocycles. The van der Waals surface area contributed by atoms with Crippen LogP contribution in [0.3, 0.4) is 0 Å². The van der Waals surface area contributed by atoms with E-state index in [9.17, 15) is 9.59 Å². The molecule has 8 nitrogen and oxygen atoms in total. The number of ether oxygens (including phenoxy) is 2. The fourth-order valence-corrected chi connectivity index (χ4v) is 3.36. The maximum absolute atomic E-state index is 13.0. The fraction of sp³-hybridized carbons (Fsp3) is 0.476. The number of nitrogens with zero attached hydrogens (tertiary/aromatic N) is 3. The highest BCUT2D eigenvalue weighted by Crippen LogP contribution is 2.28. The van der Waals surface area contributed by atoms with Gasteiger partial charge in [0.15, 0.2) is 5.69 Å². The molecule has 2 aromatic rings. The number of aromatic nitrogens is 2. The molecular weight excluding hydrogens is 372 g/mol. The summed E-state index contributed by atoms with van der Waals surface area (Å²) in [5, 5.41) is 7.31. The van der Waals surface area contributed by atoms with E-state index in [1.165, 1.54) is 0 Å². The zero-order valence-corrected chi connectivity index (χ0v) is 17.8. The van der Waals surface area contributed by atoms with Crippen LogP contribution in [-0.2, 0) is 24.8 Å². The van der Waals surface area contributed by atoms with Crippen molar-refractivity contribution in [2.45, 2.75) is 46.3 Å². The first-order chi connectivity index (χ1) is 13.6. The number of carbonyl (C=O) groups excluding carboxylic acids is 2. The van der Waals surface area contributed by atoms with Gasteiger partial charge in [-0.05, 0) is 45.4 Å². The van der Waals surface area contributed by atoms with Crippen molar-refractivity contribution < 1.29 is 19.1 Å². The van der Waals surface area contributed by atoms with Crippen LogP contribution in [0.1, 0.15) is 48.1 Å². The minimum Gasteiger partial charge on any atom is -0.495 e. The lowest BCUT2D eigenvalue weighted by Crippen LogP contribution is -2.40. The van der Waals surface area contributed by atoms with Crippen LogP contribution in [0, 0.1) is 6.92 Å². The summed E-state index contributed by atoms with van der Waals surface area (Å²) in [6.45, 7) is 8.24. The fourth-order valence-electron chi connectivity index (χ4n) is 3.36. The highest BCUT2D eigenvalue weighted by Gasteiger charge is 2.31. The van der Waals surface area contributed by atoms with E-state index in [0.717, 1.165) is 16.8 Å². The molecule has 2 heterocycles. The van der Waals surface area contributed by atoms with Crippen molar-refractivity contribution in [2.24, 2.45) is 7.05 Å². The molecule has 8 heteroatoms. The second-order valence-electron chi connectivity index (χ2n) is 8.21. The van der Waals surface area contributed by atoms with Crippen LogP contribution < -0.4 is 10.1 Å². The first-order valence-corrected chi connectivity index (χ1v) is 9.57. The number of fused-ring (bicyclic) bond motifs is 1. The molecule has 0 atom stereocenters. The second kappa shape index (κ2) is 7.77. The minimum atomic E-state index is -0.575. The highest BCUT2D eigenvalue weighted by atomic mass is 16.6. The zero-order valence-electron chi connectivity index (χ0n) is 17.8. The van der Waals surface area contributed by atoms with E-state index < -0.39 is 11.7 Å². The second-order valence-corrected chi connectivity index (χ2v) is 8.21. The third-order valence-corrected chi connectivity index (χ3v) is 4.71. The van der Waals surface area contributed by atoms with Crippen molar-refractivity contribution in [3.63, 3.8) is 0 Å². The number of anilines is 1. The van der Waals surface area contributed by atoms with Crippen molar-refractivity contribution in [2.75, 3.05) is 19.0 Å². The standard InChI is InChI=1S/C21H28N4O4/c1-13-7-8-17(28-6)15(11-13)22-19(26)18-14-12-25(20(27)29-21(2,3)4)10-9-16(14)24(5)23-18/h7-8,11H,9-10,12H2,1-6H3,(H,22,26). The zero-order chi connectivity index (χ0) is 21.3. The van der Waals surface area contributed by atoms with E-state index >= 15 is 0 Å². The highest BCUT2D eigenvalue weighted by molar-refractivity contribution is 6.05. The topological polar surface area (TPSA) is 85.7 Å². The Labute approximate surface area is 170 Å². The molecule has 0 bridgehead atoms. The van der Waals surface area contributed by atoms with Crippen LogP contribution in [0.5, 0.6) is 5.75 Å². The molecule has 1 aliphatic rings. The number of methoxy groups -OCH3 is 1. The smallest absolute Gasteiger partial charge is 0.410 e. The summed E-state index contributed by atoms with van der Waals surface area (Å²) in [6.07, 6.45) is 0.220. The third-order valence-electron chi connectivity index (χ3n) is 4.71. The SMILES string of the molecule is COc1ccc(C)cc1NC(=O)c1nn(C)c2c1CN(C(=O)OC(C)(C)C)CC2. The van der Waals surface area contributed by atoms with Gasteiger partial charge in [0, 0.05) is 31.3 Å². The lowest BCUT2D eigenvalue weighted by atomic mass is 10.0. The van der Waals surface area contributed by atoms with Crippen molar-refractivity contribution >= 4 is 17.7 Å². The number of nitrogens with one attached hydrogen (secondary N) is 1. The van der Waals surface area contributed by atoms with Crippen LogP contribution in [0.2, 0.25) is 0 Å². The molecule has 0 saturated heterocycles. The van der Waals surface area contributed by atoms with E-state index in [0.29, 0.717) is 30.1 Å². The van der Waals surface area contributed by atoms with Gasteiger partial charge < -0.3 is 19.7 Å². The number of hydrogen-bond donors (Lipinski definition) is 1. The van der Waals surface area contributed by atoms with Crippen LogP contribution in [0.25, 0.3) is 0 Å². The molecule has 0 radical (unpaired) electrons. The third kappa shape index (κ3) is 4.52. The summed E-state index contributed by atoms with van der Waals surface area (Å²) >= 11 is 0. The largest absolute Gasteiger partial charge is 0.495 e. The van der Waals surface area contributed by atoms with Crippen LogP contribution in [0.4, 0.5) is 10.5 Å². The van der Waals surface area contributed by atoms with Crippen molar-refractivity contribution in [3.8, 4) is 5.75 Å². The summed E-state index contributed by atoms with van der Waals surface area (Å²) in [5.74, 6) is 0.237. The van der Waals surface area contributed by atoms with Gasteiger partial charge in [-0.1, -0.05) is 6.07 Å². The van der Waals surface area contributed by atoms with Crippen LogP contribution >= 0.6 is 0 Å². The van der Waals surface area contributed by atoms with E-state index in [-0.39, 0.29) is 12.5 Å². The van der Waals surface area contributed by atoms with Gasteiger partial charge in [0.1, 0.15) is 11.4 Å². The molecular formula is C21H28N4O4. The van der Waals surface area contributed by atoms with Crippen LogP contribution in [-0.4, -0.2) is 45.9 Å². The molecule has 29 heavy (non-hydrogen) atoms. The molecule has 156 valence electrons. The lowest BCUT2D eigenvalue weighted by Gasteiger charge is -2.30. The summed E-state index contributed by atoms with van der Waals surface area (Å²) in [6, 6.07) is 5.57. The van der Waals surface area contributed by atoms with Gasteiger partial charge in [-0.25, -0.2) is 4.79 Å². The van der Waals surface area contributed by atoms with Crippen molar-refractivity contribution in [1.29, 1.82) is 0 Å². The van der Waals surface area contributed by atoms with Crippen molar-refractivity contribution in [1.82, 2.24) is 14.7 Å². The first-order valence-electron chi connectivity index (χ1n) is 9.57. The first kappa shape index (κ1) is 20.7. The quantitative estimate of drug-likeness (QED) is 0.855. The summed E-state index contributed by atoms with van der Waals surface area (Å²) in [4.78, 5) is 27.1. The Kier molecular flexibility index (Phi) is 5.55. The molecule has 2 amide bonds. The van der Waals surface area contributed by atoms with Crippen molar-refractivity contribution in [3.05, 3.63) is 40.7 Å². The molecule has 0 saturated carbocycles. The number of aryl methyl sites for hydroxylation is 2. The summed E-state index contributed by atoms with van der Waals surface area (Å²) < 4.78 is 12.5. The van der Waals surface area contributed by atoms with Gasteiger partial charge in [-0.15, -0.1) is 0 Å². The number of benzene rings is 1. The summed E-state index contributed by atoms with van der Waals surface area (Å²) in [5.41, 5.74) is 3.00. The Balaban J connectivity index is 1.85. The number of amides is 2. The normalized spacial score (nSPS) is 13.7. The van der Waals surface area contributed by atoms with E-state index in [4.69, 9.17) is 9.47 Å². The maximum Gasteiger partial charge on any atom is 0.410 e. The maximum atomic E-state index is 13.0. The summed E-state index contributed by atoms with van der Waals surface area (Å²) in [7, 11) is 3.37. The van der Waals surface area contributed by atoms with Gasteiger partial charge in [0.25, 0.3) is 5.91 Å². The Bertz CT molecular complexity index is 943. The Morgan fingerprint density at radius 2 is 1.97 bits per heavy atom. The molecule has 1 aromatic carbocycles. The molecule has 0 unspecified atom stereocenters. The van der Waals surface area contributed by atoms with E-state index in [1.54, 1.807) is 16.7 Å². The predicted octanol–water partition coefficient (Wildman–Crippen LogP) is 3.28. The van der Waals surface area contributed by atoms with Gasteiger partial charge in [0.2, 0.25) is 0 Å². The van der Waals surface area contributed by atoms with E-state index in [2.05, 4.69) is 10.4 Å². The number of rotatable bonds is 3. The van der Waals surface area contributed by atoms with Crippen LogP contribution in [0.15, 0.2) is 18.2 Å². The number of carbonyl (C=O) groups is 2. The average molecular weight is 400 g/mol.